The van der Waals surface area contributed by atoms with Crippen LogP contribution in [-0.2, 0) is 4.79 Å². The third-order valence-corrected chi connectivity index (χ3v) is 4.99. The lowest BCUT2D eigenvalue weighted by molar-refractivity contribution is -0.132. The summed E-state index contributed by atoms with van der Waals surface area (Å²) in [4.78, 5) is 17.4. The summed E-state index contributed by atoms with van der Waals surface area (Å²) >= 11 is 0. The fraction of sp³-hybridized carbons (Fsp3) is 0.938. The van der Waals surface area contributed by atoms with Gasteiger partial charge in [0, 0.05) is 45.8 Å². The molecule has 0 aromatic carbocycles. The SMILES string of the molecule is CCCC1(C(=O)NCCN2CCN(C)CC2)CCCNC1. The first-order chi connectivity index (χ1) is 10.2. The number of hydrogen-bond donors (Lipinski definition) is 2. The van der Waals surface area contributed by atoms with E-state index in [1.54, 1.807) is 0 Å². The highest BCUT2D eigenvalue weighted by Crippen LogP contribution is 2.31. The molecule has 5 nitrogen and oxygen atoms in total. The second-order valence-electron chi connectivity index (χ2n) is 6.71. The van der Waals surface area contributed by atoms with E-state index in [1.807, 2.05) is 0 Å². The summed E-state index contributed by atoms with van der Waals surface area (Å²) in [5.74, 6) is 0.269. The molecule has 2 fully saturated rings. The third-order valence-electron chi connectivity index (χ3n) is 4.99. The topological polar surface area (TPSA) is 47.6 Å². The second-order valence-corrected chi connectivity index (χ2v) is 6.71. The van der Waals surface area contributed by atoms with Gasteiger partial charge in [-0.2, -0.15) is 0 Å². The Hall–Kier alpha value is -0.650. The van der Waals surface area contributed by atoms with E-state index in [-0.39, 0.29) is 11.3 Å². The Bertz CT molecular complexity index is 315. The number of nitrogens with zero attached hydrogens (tertiary/aromatic N) is 2. The number of rotatable bonds is 6. The smallest absolute Gasteiger partial charge is 0.227 e. The lowest BCUT2D eigenvalue weighted by Crippen LogP contribution is -2.52. The molecule has 0 aromatic heterocycles. The minimum Gasteiger partial charge on any atom is -0.354 e. The first-order valence-corrected chi connectivity index (χ1v) is 8.56. The van der Waals surface area contributed by atoms with Crippen molar-refractivity contribution in [1.29, 1.82) is 0 Å². The monoisotopic (exact) mass is 296 g/mol. The Morgan fingerprint density at radius 3 is 2.67 bits per heavy atom. The highest BCUT2D eigenvalue weighted by atomic mass is 16.2. The minimum atomic E-state index is -0.158. The maximum absolute atomic E-state index is 12.6. The van der Waals surface area contributed by atoms with Crippen molar-refractivity contribution in [3.05, 3.63) is 0 Å². The first-order valence-electron chi connectivity index (χ1n) is 8.56. The summed E-state index contributed by atoms with van der Waals surface area (Å²) in [6.07, 6.45) is 4.23. The van der Waals surface area contributed by atoms with Gasteiger partial charge < -0.3 is 15.5 Å². The standard InChI is InChI=1S/C16H32N4O/c1-3-5-16(6-4-7-17-14-16)15(21)18-8-9-20-12-10-19(2)11-13-20/h17H,3-14H2,1-2H3,(H,18,21). The van der Waals surface area contributed by atoms with E-state index in [0.29, 0.717) is 0 Å². The van der Waals surface area contributed by atoms with Gasteiger partial charge in [-0.25, -0.2) is 0 Å². The van der Waals surface area contributed by atoms with Gasteiger partial charge in [-0.05, 0) is 32.9 Å². The van der Waals surface area contributed by atoms with Crippen LogP contribution in [0.3, 0.4) is 0 Å². The Morgan fingerprint density at radius 1 is 1.29 bits per heavy atom. The van der Waals surface area contributed by atoms with Crippen LogP contribution in [0.1, 0.15) is 32.6 Å². The molecule has 2 aliphatic heterocycles. The van der Waals surface area contributed by atoms with Crippen molar-refractivity contribution in [2.75, 3.05) is 59.4 Å². The number of piperazine rings is 1. The van der Waals surface area contributed by atoms with E-state index in [9.17, 15) is 4.79 Å². The molecule has 2 heterocycles. The zero-order valence-corrected chi connectivity index (χ0v) is 13.8. The normalized spacial score (nSPS) is 28.5. The number of piperidine rings is 1. The molecule has 2 saturated heterocycles. The van der Waals surface area contributed by atoms with Crippen molar-refractivity contribution in [3.8, 4) is 0 Å². The molecular formula is C16H32N4O. The summed E-state index contributed by atoms with van der Waals surface area (Å²) in [7, 11) is 2.17. The number of carbonyl (C=O) groups is 1. The van der Waals surface area contributed by atoms with Crippen LogP contribution in [-0.4, -0.2) is 75.1 Å². The van der Waals surface area contributed by atoms with E-state index in [0.717, 1.165) is 78.0 Å². The number of nitrogens with one attached hydrogen (secondary N) is 2. The summed E-state index contributed by atoms with van der Waals surface area (Å²) in [6, 6.07) is 0. The average molecular weight is 296 g/mol. The van der Waals surface area contributed by atoms with Gasteiger partial charge in [-0.15, -0.1) is 0 Å². The Labute approximate surface area is 129 Å². The van der Waals surface area contributed by atoms with E-state index >= 15 is 0 Å². The molecule has 122 valence electrons. The zero-order valence-electron chi connectivity index (χ0n) is 13.8. The van der Waals surface area contributed by atoms with E-state index in [4.69, 9.17) is 0 Å². The van der Waals surface area contributed by atoms with Crippen molar-refractivity contribution in [2.45, 2.75) is 32.6 Å². The molecule has 2 aliphatic rings. The van der Waals surface area contributed by atoms with Crippen molar-refractivity contribution in [3.63, 3.8) is 0 Å². The molecule has 2 N–H and O–H groups in total. The van der Waals surface area contributed by atoms with Crippen LogP contribution >= 0.6 is 0 Å². The molecule has 1 amide bonds. The third kappa shape index (κ3) is 4.66. The van der Waals surface area contributed by atoms with Crippen LogP contribution in [0.25, 0.3) is 0 Å². The summed E-state index contributed by atoms with van der Waals surface area (Å²) in [5, 5.41) is 6.61. The molecule has 21 heavy (non-hydrogen) atoms. The Balaban J connectivity index is 1.74. The zero-order chi connectivity index (χ0) is 15.1. The molecule has 5 heteroatoms. The molecule has 0 radical (unpaired) electrons. The van der Waals surface area contributed by atoms with Gasteiger partial charge in [0.1, 0.15) is 0 Å². The van der Waals surface area contributed by atoms with Crippen LogP contribution in [0.4, 0.5) is 0 Å². The molecule has 2 rings (SSSR count). The van der Waals surface area contributed by atoms with Gasteiger partial charge in [-0.3, -0.25) is 9.69 Å². The van der Waals surface area contributed by atoms with Crippen molar-refractivity contribution in [1.82, 2.24) is 20.4 Å². The number of carbonyl (C=O) groups excluding carboxylic acids is 1. The quantitative estimate of drug-likeness (QED) is 0.750. The van der Waals surface area contributed by atoms with Crippen molar-refractivity contribution >= 4 is 5.91 Å². The summed E-state index contributed by atoms with van der Waals surface area (Å²) < 4.78 is 0. The van der Waals surface area contributed by atoms with Crippen LogP contribution < -0.4 is 10.6 Å². The summed E-state index contributed by atoms with van der Waals surface area (Å²) in [5.41, 5.74) is -0.158. The van der Waals surface area contributed by atoms with Crippen LogP contribution in [0.15, 0.2) is 0 Å². The van der Waals surface area contributed by atoms with Crippen molar-refractivity contribution in [2.24, 2.45) is 5.41 Å². The lowest BCUT2D eigenvalue weighted by atomic mass is 9.76. The molecule has 0 spiro atoms. The van der Waals surface area contributed by atoms with E-state index in [2.05, 4.69) is 34.4 Å². The Kier molecular flexibility index (Phi) is 6.45. The maximum Gasteiger partial charge on any atom is 0.227 e. The van der Waals surface area contributed by atoms with Gasteiger partial charge in [0.2, 0.25) is 5.91 Å². The second kappa shape index (κ2) is 8.11. The predicted molar refractivity (Wildman–Crippen MR) is 86.4 cm³/mol. The van der Waals surface area contributed by atoms with Gasteiger partial charge in [0.05, 0.1) is 5.41 Å². The van der Waals surface area contributed by atoms with Gasteiger partial charge >= 0.3 is 0 Å². The molecular weight excluding hydrogens is 264 g/mol. The molecule has 0 aliphatic carbocycles. The lowest BCUT2D eigenvalue weighted by Gasteiger charge is -2.37. The van der Waals surface area contributed by atoms with Gasteiger partial charge in [0.25, 0.3) is 0 Å². The predicted octanol–water partition coefficient (Wildman–Crippen LogP) is 0.520. The summed E-state index contributed by atoms with van der Waals surface area (Å²) in [6.45, 7) is 10.4. The Morgan fingerprint density at radius 2 is 2.05 bits per heavy atom. The van der Waals surface area contributed by atoms with Gasteiger partial charge in [-0.1, -0.05) is 13.3 Å². The van der Waals surface area contributed by atoms with Crippen LogP contribution in [0, 0.1) is 5.41 Å². The van der Waals surface area contributed by atoms with Gasteiger partial charge in [0.15, 0.2) is 0 Å². The fourth-order valence-electron chi connectivity index (χ4n) is 3.55. The van der Waals surface area contributed by atoms with E-state index < -0.39 is 0 Å². The first kappa shape index (κ1) is 16.7. The minimum absolute atomic E-state index is 0.158. The number of likely N-dealkylation sites (N-methyl/N-ethyl adjacent to an activating group) is 1. The van der Waals surface area contributed by atoms with Crippen LogP contribution in [0.5, 0.6) is 0 Å². The molecule has 1 unspecified atom stereocenters. The number of amides is 1. The highest BCUT2D eigenvalue weighted by Gasteiger charge is 2.38. The fourth-order valence-corrected chi connectivity index (χ4v) is 3.55. The molecule has 1 atom stereocenters. The maximum atomic E-state index is 12.6. The van der Waals surface area contributed by atoms with Crippen LogP contribution in [0.2, 0.25) is 0 Å². The average Bonchev–Trinajstić information content (AvgIpc) is 2.50. The number of hydrogen-bond acceptors (Lipinski definition) is 4. The molecule has 0 aromatic rings. The largest absolute Gasteiger partial charge is 0.354 e. The van der Waals surface area contributed by atoms with Crippen molar-refractivity contribution < 1.29 is 4.79 Å². The molecule has 0 bridgehead atoms. The van der Waals surface area contributed by atoms with E-state index in [1.165, 1.54) is 0 Å². The highest BCUT2D eigenvalue weighted by molar-refractivity contribution is 5.83. The molecule has 0 saturated carbocycles.